The first-order valence-electron chi connectivity index (χ1n) is 7.32. The van der Waals surface area contributed by atoms with Crippen LogP contribution in [0.5, 0.6) is 0 Å². The Morgan fingerprint density at radius 2 is 1.71 bits per heavy atom. The molecule has 24 heavy (non-hydrogen) atoms. The average molecular weight is 338 g/mol. The fraction of sp³-hybridized carbons (Fsp3) is 0.0556. The standard InChI is InChI=1S/C18H12ClN3O2/c1-11-14(10-16(23-11)12-5-7-13(19)8-6-12)17-21-22-18(24-17)15-4-2-3-9-20-15/h2-10H,1H3. The van der Waals surface area contributed by atoms with Gasteiger partial charge < -0.3 is 8.83 Å². The molecular formula is C18H12ClN3O2. The van der Waals surface area contributed by atoms with Crippen molar-refractivity contribution in [2.75, 3.05) is 0 Å². The van der Waals surface area contributed by atoms with Crippen molar-refractivity contribution in [1.82, 2.24) is 15.2 Å². The van der Waals surface area contributed by atoms with Gasteiger partial charge in [-0.15, -0.1) is 10.2 Å². The summed E-state index contributed by atoms with van der Waals surface area (Å²) in [6.07, 6.45) is 1.68. The van der Waals surface area contributed by atoms with Crippen LogP contribution in [0.25, 0.3) is 34.4 Å². The monoisotopic (exact) mass is 337 g/mol. The maximum absolute atomic E-state index is 5.92. The largest absolute Gasteiger partial charge is 0.461 e. The zero-order chi connectivity index (χ0) is 16.5. The van der Waals surface area contributed by atoms with Gasteiger partial charge >= 0.3 is 0 Å². The van der Waals surface area contributed by atoms with Gasteiger partial charge in [-0.3, -0.25) is 4.98 Å². The molecule has 0 saturated carbocycles. The molecule has 118 valence electrons. The Hall–Kier alpha value is -2.92. The van der Waals surface area contributed by atoms with Crippen molar-refractivity contribution in [1.29, 1.82) is 0 Å². The van der Waals surface area contributed by atoms with Gasteiger partial charge in [0.05, 0.1) is 5.56 Å². The number of benzene rings is 1. The van der Waals surface area contributed by atoms with E-state index in [9.17, 15) is 0 Å². The van der Waals surface area contributed by atoms with E-state index in [1.54, 1.807) is 6.20 Å². The van der Waals surface area contributed by atoms with E-state index in [-0.39, 0.29) is 0 Å². The summed E-state index contributed by atoms with van der Waals surface area (Å²) in [6, 6.07) is 14.8. The molecule has 0 atom stereocenters. The predicted molar refractivity (Wildman–Crippen MR) is 90.4 cm³/mol. The highest BCUT2D eigenvalue weighted by molar-refractivity contribution is 6.30. The van der Waals surface area contributed by atoms with Gasteiger partial charge in [0.2, 0.25) is 0 Å². The van der Waals surface area contributed by atoms with Crippen molar-refractivity contribution in [3.8, 4) is 34.4 Å². The van der Waals surface area contributed by atoms with Crippen LogP contribution in [0, 0.1) is 6.92 Å². The van der Waals surface area contributed by atoms with Crippen LogP contribution < -0.4 is 0 Å². The number of hydrogen-bond donors (Lipinski definition) is 0. The summed E-state index contributed by atoms with van der Waals surface area (Å²) in [5.74, 6) is 2.20. The van der Waals surface area contributed by atoms with E-state index in [2.05, 4.69) is 15.2 Å². The van der Waals surface area contributed by atoms with E-state index < -0.39 is 0 Å². The van der Waals surface area contributed by atoms with Crippen molar-refractivity contribution in [2.24, 2.45) is 0 Å². The van der Waals surface area contributed by atoms with Gasteiger partial charge in [-0.25, -0.2) is 0 Å². The van der Waals surface area contributed by atoms with Crippen molar-refractivity contribution in [2.45, 2.75) is 6.92 Å². The van der Waals surface area contributed by atoms with Crippen molar-refractivity contribution in [3.63, 3.8) is 0 Å². The average Bonchev–Trinajstić information content (AvgIpc) is 3.23. The third-order valence-corrected chi connectivity index (χ3v) is 3.84. The van der Waals surface area contributed by atoms with Crippen molar-refractivity contribution < 1.29 is 8.83 Å². The van der Waals surface area contributed by atoms with Crippen LogP contribution in [0.1, 0.15) is 5.76 Å². The highest BCUT2D eigenvalue weighted by atomic mass is 35.5. The number of hydrogen-bond acceptors (Lipinski definition) is 5. The molecular weight excluding hydrogens is 326 g/mol. The summed E-state index contributed by atoms with van der Waals surface area (Å²) in [6.45, 7) is 1.86. The maximum Gasteiger partial charge on any atom is 0.266 e. The van der Waals surface area contributed by atoms with Crippen LogP contribution in [0.4, 0.5) is 0 Å². The first-order chi connectivity index (χ1) is 11.7. The fourth-order valence-corrected chi connectivity index (χ4v) is 2.50. The van der Waals surface area contributed by atoms with Crippen molar-refractivity contribution >= 4 is 11.6 Å². The van der Waals surface area contributed by atoms with Gasteiger partial charge in [0, 0.05) is 16.8 Å². The lowest BCUT2D eigenvalue weighted by molar-refractivity contribution is 0.542. The molecule has 0 unspecified atom stereocenters. The van der Waals surface area contributed by atoms with E-state index in [4.69, 9.17) is 20.4 Å². The Balaban J connectivity index is 1.70. The molecule has 0 radical (unpaired) electrons. The second kappa shape index (κ2) is 5.94. The molecule has 3 heterocycles. The summed E-state index contributed by atoms with van der Waals surface area (Å²) in [5.41, 5.74) is 2.32. The lowest BCUT2D eigenvalue weighted by Crippen LogP contribution is -1.80. The minimum Gasteiger partial charge on any atom is -0.461 e. The van der Waals surface area contributed by atoms with E-state index in [1.165, 1.54) is 0 Å². The highest BCUT2D eigenvalue weighted by Crippen LogP contribution is 2.33. The number of furan rings is 1. The second-order valence-corrected chi connectivity index (χ2v) is 5.65. The molecule has 4 aromatic rings. The quantitative estimate of drug-likeness (QED) is 0.525. The van der Waals surface area contributed by atoms with Crippen LogP contribution >= 0.6 is 11.6 Å². The molecule has 4 rings (SSSR count). The summed E-state index contributed by atoms with van der Waals surface area (Å²) >= 11 is 5.92. The number of nitrogens with zero attached hydrogens (tertiary/aromatic N) is 3. The van der Waals surface area contributed by atoms with Gasteiger partial charge in [-0.05, 0) is 49.4 Å². The lowest BCUT2D eigenvalue weighted by Gasteiger charge is -1.95. The Morgan fingerprint density at radius 3 is 2.46 bits per heavy atom. The van der Waals surface area contributed by atoms with Crippen LogP contribution in [-0.4, -0.2) is 15.2 Å². The molecule has 0 spiro atoms. The molecule has 3 aromatic heterocycles. The fourth-order valence-electron chi connectivity index (χ4n) is 2.38. The molecule has 0 aliphatic carbocycles. The number of rotatable bonds is 3. The van der Waals surface area contributed by atoms with Gasteiger partial charge in [0.1, 0.15) is 17.2 Å². The Morgan fingerprint density at radius 1 is 0.917 bits per heavy atom. The topological polar surface area (TPSA) is 65.0 Å². The number of halogens is 1. The van der Waals surface area contributed by atoms with Gasteiger partial charge in [-0.2, -0.15) is 0 Å². The lowest BCUT2D eigenvalue weighted by atomic mass is 10.1. The molecule has 0 aliphatic rings. The minimum atomic E-state index is 0.374. The molecule has 0 bridgehead atoms. The first kappa shape index (κ1) is 14.7. The van der Waals surface area contributed by atoms with E-state index in [0.29, 0.717) is 28.3 Å². The number of pyridine rings is 1. The smallest absolute Gasteiger partial charge is 0.266 e. The van der Waals surface area contributed by atoms with Gasteiger partial charge in [0.15, 0.2) is 0 Å². The SMILES string of the molecule is Cc1oc(-c2ccc(Cl)cc2)cc1-c1nnc(-c2ccccn2)o1. The number of aryl methyl sites for hydroxylation is 1. The summed E-state index contributed by atoms with van der Waals surface area (Å²) < 4.78 is 11.6. The van der Waals surface area contributed by atoms with E-state index in [1.807, 2.05) is 55.5 Å². The third kappa shape index (κ3) is 2.70. The normalized spacial score (nSPS) is 10.9. The molecule has 6 heteroatoms. The molecule has 0 amide bonds. The van der Waals surface area contributed by atoms with E-state index >= 15 is 0 Å². The second-order valence-electron chi connectivity index (χ2n) is 5.21. The molecule has 5 nitrogen and oxygen atoms in total. The maximum atomic E-state index is 5.92. The van der Waals surface area contributed by atoms with Crippen LogP contribution in [0.15, 0.2) is 63.6 Å². The minimum absolute atomic E-state index is 0.374. The molecule has 0 N–H and O–H groups in total. The molecule has 1 aromatic carbocycles. The summed E-state index contributed by atoms with van der Waals surface area (Å²) in [7, 11) is 0. The molecule has 0 fully saturated rings. The number of aromatic nitrogens is 3. The van der Waals surface area contributed by atoms with Crippen LogP contribution in [0.3, 0.4) is 0 Å². The molecule has 0 saturated heterocycles. The predicted octanol–water partition coefficient (Wildman–Crippen LogP) is 5.02. The zero-order valence-electron chi connectivity index (χ0n) is 12.7. The highest BCUT2D eigenvalue weighted by Gasteiger charge is 2.17. The Labute approximate surface area is 142 Å². The van der Waals surface area contributed by atoms with Crippen LogP contribution in [0.2, 0.25) is 5.02 Å². The zero-order valence-corrected chi connectivity index (χ0v) is 13.5. The van der Waals surface area contributed by atoms with Crippen LogP contribution in [-0.2, 0) is 0 Å². The summed E-state index contributed by atoms with van der Waals surface area (Å²) in [4.78, 5) is 4.21. The van der Waals surface area contributed by atoms with Gasteiger partial charge in [-0.1, -0.05) is 17.7 Å². The Bertz CT molecular complexity index is 975. The third-order valence-electron chi connectivity index (χ3n) is 3.59. The van der Waals surface area contributed by atoms with Gasteiger partial charge in [0.25, 0.3) is 11.8 Å². The Kier molecular flexibility index (Phi) is 3.63. The molecule has 0 aliphatic heterocycles. The van der Waals surface area contributed by atoms with Crippen molar-refractivity contribution in [3.05, 3.63) is 65.5 Å². The first-order valence-corrected chi connectivity index (χ1v) is 7.70. The van der Waals surface area contributed by atoms with E-state index in [0.717, 1.165) is 16.9 Å². The summed E-state index contributed by atoms with van der Waals surface area (Å²) in [5, 5.41) is 8.85.